The molecular weight excluding hydrogens is 458 g/mol. The molecule has 8 heteroatoms. The number of Topliss-reactive ketones (excluding diaryl/α,β-unsaturated/α-hetero) is 1. The maximum atomic E-state index is 11.9. The third-order valence-corrected chi connectivity index (χ3v) is 6.68. The Balaban J connectivity index is 0.000000201. The van der Waals surface area contributed by atoms with Gasteiger partial charge in [-0.3, -0.25) is 19.3 Å². The van der Waals surface area contributed by atoms with Crippen molar-refractivity contribution in [2.24, 2.45) is 11.8 Å². The Morgan fingerprint density at radius 1 is 0.889 bits per heavy atom. The third kappa shape index (κ3) is 8.17. The lowest BCUT2D eigenvalue weighted by atomic mass is 10.1. The molecule has 2 aliphatic rings. The molecule has 0 spiro atoms. The van der Waals surface area contributed by atoms with Gasteiger partial charge in [-0.2, -0.15) is 0 Å². The van der Waals surface area contributed by atoms with Crippen LogP contribution >= 0.6 is 0 Å². The Hall–Kier alpha value is -3.23. The van der Waals surface area contributed by atoms with Crippen molar-refractivity contribution in [3.63, 3.8) is 0 Å². The van der Waals surface area contributed by atoms with E-state index in [-0.39, 0.29) is 36.2 Å². The van der Waals surface area contributed by atoms with Gasteiger partial charge >= 0.3 is 6.09 Å². The summed E-state index contributed by atoms with van der Waals surface area (Å²) in [6.45, 7) is 5.66. The summed E-state index contributed by atoms with van der Waals surface area (Å²) in [6, 6.07) is 19.9. The molecular formula is C28H37N3O5. The van der Waals surface area contributed by atoms with E-state index >= 15 is 0 Å². The second-order valence-electron chi connectivity index (χ2n) is 9.31. The number of carbonyl (C=O) groups excluding carboxylic acids is 3. The van der Waals surface area contributed by atoms with Crippen LogP contribution in [0.15, 0.2) is 60.7 Å². The molecule has 36 heavy (non-hydrogen) atoms. The van der Waals surface area contributed by atoms with Crippen LogP contribution in [0.5, 0.6) is 0 Å². The van der Waals surface area contributed by atoms with Gasteiger partial charge < -0.3 is 9.64 Å². The maximum absolute atomic E-state index is 11.9. The van der Waals surface area contributed by atoms with E-state index in [0.717, 1.165) is 38.0 Å². The highest BCUT2D eigenvalue weighted by Gasteiger charge is 2.31. The number of amides is 2. The van der Waals surface area contributed by atoms with E-state index in [4.69, 9.17) is 9.57 Å². The largest absolute Gasteiger partial charge is 0.445 e. The van der Waals surface area contributed by atoms with Crippen molar-refractivity contribution in [3.8, 4) is 0 Å². The van der Waals surface area contributed by atoms with Gasteiger partial charge in [-0.15, -0.1) is 0 Å². The molecule has 2 heterocycles. The number of hydroxylamine groups is 2. The monoisotopic (exact) mass is 495 g/mol. The van der Waals surface area contributed by atoms with Crippen molar-refractivity contribution < 1.29 is 24.0 Å². The maximum Gasteiger partial charge on any atom is 0.410 e. The Kier molecular flexibility index (Phi) is 10.5. The predicted molar refractivity (Wildman–Crippen MR) is 137 cm³/mol. The van der Waals surface area contributed by atoms with Crippen LogP contribution in [0.4, 0.5) is 4.79 Å². The van der Waals surface area contributed by atoms with Gasteiger partial charge in [0, 0.05) is 39.1 Å². The fraction of sp³-hybridized carbons (Fsp3) is 0.464. The van der Waals surface area contributed by atoms with Crippen molar-refractivity contribution in [2.75, 3.05) is 40.3 Å². The van der Waals surface area contributed by atoms with E-state index in [0.29, 0.717) is 13.1 Å². The summed E-state index contributed by atoms with van der Waals surface area (Å²) < 4.78 is 5.22. The summed E-state index contributed by atoms with van der Waals surface area (Å²) in [5.74, 6) is 0.273. The molecule has 0 bridgehead atoms. The smallest absolute Gasteiger partial charge is 0.410 e. The van der Waals surface area contributed by atoms with Crippen LogP contribution in [0.25, 0.3) is 0 Å². The quantitative estimate of drug-likeness (QED) is 0.544. The Morgan fingerprint density at radius 2 is 1.50 bits per heavy atom. The molecule has 2 atom stereocenters. The summed E-state index contributed by atoms with van der Waals surface area (Å²) in [5, 5.41) is 1.33. The van der Waals surface area contributed by atoms with Crippen molar-refractivity contribution in [2.45, 2.75) is 32.9 Å². The van der Waals surface area contributed by atoms with Crippen molar-refractivity contribution in [1.29, 1.82) is 0 Å². The molecule has 0 radical (unpaired) electrons. The minimum absolute atomic E-state index is 0.0192. The Labute approximate surface area is 213 Å². The number of hydrogen-bond acceptors (Lipinski definition) is 6. The topological polar surface area (TPSA) is 79.4 Å². The highest BCUT2D eigenvalue weighted by Crippen LogP contribution is 2.20. The van der Waals surface area contributed by atoms with Gasteiger partial charge in [0.2, 0.25) is 5.91 Å². The predicted octanol–water partition coefficient (Wildman–Crippen LogP) is 3.76. The van der Waals surface area contributed by atoms with Crippen molar-refractivity contribution in [3.05, 3.63) is 71.8 Å². The van der Waals surface area contributed by atoms with Gasteiger partial charge in [-0.25, -0.2) is 9.86 Å². The summed E-state index contributed by atoms with van der Waals surface area (Å²) in [7, 11) is 3.19. The molecule has 194 valence electrons. The molecule has 0 saturated carbocycles. The zero-order chi connectivity index (χ0) is 25.9. The van der Waals surface area contributed by atoms with Crippen LogP contribution in [0, 0.1) is 11.8 Å². The molecule has 2 aromatic carbocycles. The van der Waals surface area contributed by atoms with Crippen LogP contribution in [0.2, 0.25) is 0 Å². The van der Waals surface area contributed by atoms with Crippen LogP contribution in [-0.2, 0) is 32.3 Å². The Bertz CT molecular complexity index is 985. The van der Waals surface area contributed by atoms with E-state index in [9.17, 15) is 14.4 Å². The average Bonchev–Trinajstić information content (AvgIpc) is 3.58. The van der Waals surface area contributed by atoms with Gasteiger partial charge in [0.15, 0.2) is 0 Å². The number of nitrogens with zero attached hydrogens (tertiary/aromatic N) is 3. The number of likely N-dealkylation sites (tertiary alicyclic amines) is 2. The number of carbonyl (C=O) groups is 3. The lowest BCUT2D eigenvalue weighted by molar-refractivity contribution is -0.173. The second-order valence-corrected chi connectivity index (χ2v) is 9.31. The molecule has 2 unspecified atom stereocenters. The van der Waals surface area contributed by atoms with Gasteiger partial charge in [-0.1, -0.05) is 60.7 Å². The normalized spacial score (nSPS) is 19.4. The molecule has 0 aliphatic carbocycles. The molecule has 2 fully saturated rings. The first-order valence-electron chi connectivity index (χ1n) is 12.4. The Morgan fingerprint density at radius 3 is 2.08 bits per heavy atom. The number of hydrogen-bond donors (Lipinski definition) is 0. The van der Waals surface area contributed by atoms with Gasteiger partial charge in [-0.05, 0) is 37.4 Å². The first-order valence-corrected chi connectivity index (χ1v) is 12.4. The fourth-order valence-electron chi connectivity index (χ4n) is 4.44. The highest BCUT2D eigenvalue weighted by atomic mass is 16.7. The van der Waals surface area contributed by atoms with E-state index in [1.54, 1.807) is 18.9 Å². The molecule has 0 aromatic heterocycles. The van der Waals surface area contributed by atoms with Crippen molar-refractivity contribution >= 4 is 17.8 Å². The molecule has 8 nitrogen and oxygen atoms in total. The zero-order valence-corrected chi connectivity index (χ0v) is 21.5. The summed E-state index contributed by atoms with van der Waals surface area (Å²) >= 11 is 0. The molecule has 2 saturated heterocycles. The van der Waals surface area contributed by atoms with Gasteiger partial charge in [0.25, 0.3) is 0 Å². The van der Waals surface area contributed by atoms with E-state index in [1.807, 2.05) is 48.5 Å². The lowest BCUT2D eigenvalue weighted by Gasteiger charge is -2.19. The van der Waals surface area contributed by atoms with Gasteiger partial charge in [0.1, 0.15) is 12.4 Å². The van der Waals surface area contributed by atoms with Crippen LogP contribution in [0.1, 0.15) is 30.9 Å². The van der Waals surface area contributed by atoms with E-state index < -0.39 is 0 Å². The summed E-state index contributed by atoms with van der Waals surface area (Å²) in [4.78, 5) is 43.8. The average molecular weight is 496 g/mol. The first-order chi connectivity index (χ1) is 17.4. The van der Waals surface area contributed by atoms with Crippen LogP contribution in [0.3, 0.4) is 0 Å². The number of rotatable bonds is 7. The minimum Gasteiger partial charge on any atom is -0.445 e. The number of ketones is 1. The van der Waals surface area contributed by atoms with E-state index in [2.05, 4.69) is 17.0 Å². The van der Waals surface area contributed by atoms with Crippen LogP contribution < -0.4 is 0 Å². The molecule has 0 N–H and O–H groups in total. The molecule has 4 rings (SSSR count). The van der Waals surface area contributed by atoms with Crippen LogP contribution in [-0.4, -0.2) is 73.0 Å². The van der Waals surface area contributed by atoms with Crippen molar-refractivity contribution in [1.82, 2.24) is 14.9 Å². The standard InChI is InChI=1S/C14H20N2O2.C14H17NO3/c1-15(18-2)14(17)13-8-9-16(11-13)10-12-6-4-3-5-7-12;1-11(16)13-7-8-15(9-13)14(17)18-10-12-5-3-2-4-6-12/h3-7,13H,8-11H2,1-2H3;2-6,13H,7-10H2,1H3. The fourth-order valence-corrected chi connectivity index (χ4v) is 4.44. The SMILES string of the molecule is CC(=O)C1CCN(C(=O)OCc2ccccc2)C1.CON(C)C(=O)C1CCN(Cc2ccccc2)C1. The minimum atomic E-state index is -0.331. The lowest BCUT2D eigenvalue weighted by Crippen LogP contribution is -2.33. The van der Waals surface area contributed by atoms with E-state index in [1.165, 1.54) is 17.7 Å². The van der Waals surface area contributed by atoms with Gasteiger partial charge in [0.05, 0.1) is 13.0 Å². The summed E-state index contributed by atoms with van der Waals surface area (Å²) in [6.07, 6.45) is 1.33. The summed E-state index contributed by atoms with van der Waals surface area (Å²) in [5.41, 5.74) is 2.26. The zero-order valence-electron chi connectivity index (χ0n) is 21.5. The third-order valence-electron chi connectivity index (χ3n) is 6.68. The number of benzene rings is 2. The molecule has 2 aromatic rings. The first kappa shape index (κ1) is 27.4. The molecule has 2 aliphatic heterocycles. The highest BCUT2D eigenvalue weighted by molar-refractivity contribution is 5.80. The molecule has 2 amide bonds. The second kappa shape index (κ2) is 13.8. The number of ether oxygens (including phenoxy) is 1.